The number of fused-ring (bicyclic) bond motifs is 2. The molecule has 2 atom stereocenters. The van der Waals surface area contributed by atoms with E-state index in [9.17, 15) is 18.8 Å². The molecule has 2 aromatic heterocycles. The molecule has 3 aromatic rings. The molecule has 3 amide bonds. The van der Waals surface area contributed by atoms with Crippen LogP contribution >= 0.6 is 0 Å². The Hall–Kier alpha value is -3.99. The highest BCUT2D eigenvalue weighted by molar-refractivity contribution is 6.10. The summed E-state index contributed by atoms with van der Waals surface area (Å²) < 4.78 is 26.1. The lowest BCUT2D eigenvalue weighted by Crippen LogP contribution is -2.51. The van der Waals surface area contributed by atoms with Crippen molar-refractivity contribution in [2.45, 2.75) is 38.3 Å². The Morgan fingerprint density at radius 2 is 2.03 bits per heavy atom. The Kier molecular flexibility index (Phi) is 6.05. The summed E-state index contributed by atoms with van der Waals surface area (Å²) in [5.74, 6) is -1.29. The van der Waals surface area contributed by atoms with E-state index in [0.29, 0.717) is 22.7 Å². The van der Waals surface area contributed by atoms with Crippen molar-refractivity contribution in [3.05, 3.63) is 53.0 Å². The Labute approximate surface area is 224 Å². The van der Waals surface area contributed by atoms with Crippen LogP contribution in [0.4, 0.5) is 10.2 Å². The average Bonchev–Trinajstić information content (AvgIpc) is 3.57. The SMILES string of the molecule is CCN1CCN(c2ccc3oc([C@]4(CN5Cc6ccc(OC)c(F)c6C5=O)CC(=O)NC4=O)cc3n2)C[C@H]1C. The third-order valence-electron chi connectivity index (χ3n) is 8.21. The number of piperazine rings is 1. The number of methoxy groups -OCH3 is 1. The summed E-state index contributed by atoms with van der Waals surface area (Å²) in [6.45, 7) is 7.94. The predicted molar refractivity (Wildman–Crippen MR) is 140 cm³/mol. The molecule has 1 N–H and O–H groups in total. The van der Waals surface area contributed by atoms with Gasteiger partial charge < -0.3 is 19.0 Å². The third-order valence-corrected chi connectivity index (χ3v) is 8.21. The van der Waals surface area contributed by atoms with Crippen LogP contribution in [0.25, 0.3) is 11.1 Å². The van der Waals surface area contributed by atoms with E-state index in [4.69, 9.17) is 14.1 Å². The molecule has 2 fully saturated rings. The van der Waals surface area contributed by atoms with Gasteiger partial charge in [0, 0.05) is 44.8 Å². The molecule has 0 aliphatic carbocycles. The van der Waals surface area contributed by atoms with Crippen molar-refractivity contribution in [2.24, 2.45) is 0 Å². The molecule has 0 radical (unpaired) electrons. The first-order chi connectivity index (χ1) is 18.7. The van der Waals surface area contributed by atoms with Crippen LogP contribution in [0, 0.1) is 5.82 Å². The molecule has 204 valence electrons. The molecular weight excluding hydrogens is 505 g/mol. The Morgan fingerprint density at radius 3 is 2.72 bits per heavy atom. The van der Waals surface area contributed by atoms with Gasteiger partial charge in [-0.3, -0.25) is 24.6 Å². The quantitative estimate of drug-likeness (QED) is 0.480. The first-order valence-corrected chi connectivity index (χ1v) is 13.1. The number of rotatable bonds is 6. The molecule has 10 nitrogen and oxygen atoms in total. The molecule has 0 spiro atoms. The van der Waals surface area contributed by atoms with Gasteiger partial charge in [0.15, 0.2) is 17.1 Å². The minimum absolute atomic E-state index is 0.0304. The number of carbonyl (C=O) groups excluding carboxylic acids is 3. The highest BCUT2D eigenvalue weighted by atomic mass is 19.1. The molecule has 11 heteroatoms. The molecule has 1 aromatic carbocycles. The van der Waals surface area contributed by atoms with E-state index < -0.39 is 29.0 Å². The second kappa shape index (κ2) is 9.33. The summed E-state index contributed by atoms with van der Waals surface area (Å²) >= 11 is 0. The number of benzene rings is 1. The van der Waals surface area contributed by atoms with Gasteiger partial charge in [-0.25, -0.2) is 9.37 Å². The molecule has 0 saturated carbocycles. The standard InChI is InChI=1S/C28H30FN5O5/c1-4-32-9-10-33(13-16(32)2)22-8-7-19-18(30-22)11-21(39-19)28(12-23(35)31-27(28)37)15-34-14-17-5-6-20(38-3)25(29)24(17)26(34)36/h5-8,11,16H,4,9-10,12-15H2,1-3H3,(H,31,35,37)/t16-,28-/m1/s1. The van der Waals surface area contributed by atoms with Crippen LogP contribution < -0.4 is 15.0 Å². The summed E-state index contributed by atoms with van der Waals surface area (Å²) in [6.07, 6.45) is -0.194. The van der Waals surface area contributed by atoms with Crippen molar-refractivity contribution in [3.63, 3.8) is 0 Å². The molecule has 2 saturated heterocycles. The number of nitrogens with zero attached hydrogens (tertiary/aromatic N) is 4. The summed E-state index contributed by atoms with van der Waals surface area (Å²) in [5.41, 5.74) is -0.00918. The summed E-state index contributed by atoms with van der Waals surface area (Å²) in [7, 11) is 1.33. The van der Waals surface area contributed by atoms with E-state index in [2.05, 4.69) is 29.0 Å². The highest BCUT2D eigenvalue weighted by Gasteiger charge is 2.53. The highest BCUT2D eigenvalue weighted by Crippen LogP contribution is 2.40. The Morgan fingerprint density at radius 1 is 1.21 bits per heavy atom. The number of nitrogens with one attached hydrogen (secondary N) is 1. The topological polar surface area (TPSA) is 108 Å². The van der Waals surface area contributed by atoms with Crippen molar-refractivity contribution < 1.29 is 27.9 Å². The molecule has 5 heterocycles. The van der Waals surface area contributed by atoms with Gasteiger partial charge in [0.1, 0.15) is 22.5 Å². The fourth-order valence-electron chi connectivity index (χ4n) is 6.05. The molecule has 6 rings (SSSR count). The molecular formula is C28H30FN5O5. The molecule has 39 heavy (non-hydrogen) atoms. The number of ether oxygens (including phenoxy) is 1. The normalized spacial score (nSPS) is 23.6. The maximum Gasteiger partial charge on any atom is 0.257 e. The number of halogens is 1. The first-order valence-electron chi connectivity index (χ1n) is 13.1. The van der Waals surface area contributed by atoms with Gasteiger partial charge in [0.25, 0.3) is 5.91 Å². The number of carbonyl (C=O) groups is 3. The Balaban J connectivity index is 1.32. The van der Waals surface area contributed by atoms with E-state index >= 15 is 0 Å². The lowest BCUT2D eigenvalue weighted by Gasteiger charge is -2.39. The zero-order valence-electron chi connectivity index (χ0n) is 22.1. The van der Waals surface area contributed by atoms with Crippen LogP contribution in [0.1, 0.15) is 41.9 Å². The van der Waals surface area contributed by atoms with Gasteiger partial charge in [-0.05, 0) is 37.2 Å². The van der Waals surface area contributed by atoms with Crippen LogP contribution in [0.2, 0.25) is 0 Å². The number of pyridine rings is 1. The Bertz CT molecular complexity index is 1500. The van der Waals surface area contributed by atoms with E-state index in [0.717, 1.165) is 32.0 Å². The zero-order valence-corrected chi connectivity index (χ0v) is 22.1. The lowest BCUT2D eigenvalue weighted by molar-refractivity contribution is -0.127. The molecule has 3 aliphatic rings. The summed E-state index contributed by atoms with van der Waals surface area (Å²) in [4.78, 5) is 49.8. The maximum atomic E-state index is 14.9. The van der Waals surface area contributed by atoms with Crippen LogP contribution in [0.3, 0.4) is 0 Å². The maximum absolute atomic E-state index is 14.9. The number of likely N-dealkylation sites (N-methyl/N-ethyl adjacent to an activating group) is 1. The van der Waals surface area contributed by atoms with Gasteiger partial charge >= 0.3 is 0 Å². The smallest absolute Gasteiger partial charge is 0.257 e. The van der Waals surface area contributed by atoms with Crippen molar-refractivity contribution in [1.82, 2.24) is 20.1 Å². The number of furan rings is 1. The lowest BCUT2D eigenvalue weighted by atomic mass is 9.82. The van der Waals surface area contributed by atoms with E-state index in [1.54, 1.807) is 12.1 Å². The van der Waals surface area contributed by atoms with Gasteiger partial charge in [0.05, 0.1) is 19.1 Å². The van der Waals surface area contributed by atoms with Crippen LogP contribution in [-0.2, 0) is 21.5 Å². The number of aromatic nitrogens is 1. The fourth-order valence-corrected chi connectivity index (χ4v) is 6.05. The molecule has 0 unspecified atom stereocenters. The molecule has 0 bridgehead atoms. The number of imide groups is 1. The van der Waals surface area contributed by atoms with E-state index in [1.165, 1.54) is 18.1 Å². The van der Waals surface area contributed by atoms with Gasteiger partial charge in [-0.15, -0.1) is 0 Å². The summed E-state index contributed by atoms with van der Waals surface area (Å²) in [6, 6.07) is 8.89. The van der Waals surface area contributed by atoms with Crippen LogP contribution in [0.15, 0.2) is 34.7 Å². The van der Waals surface area contributed by atoms with Crippen molar-refractivity contribution in [1.29, 1.82) is 0 Å². The summed E-state index contributed by atoms with van der Waals surface area (Å²) in [5, 5.41) is 2.36. The fraction of sp³-hybridized carbons (Fsp3) is 0.429. The van der Waals surface area contributed by atoms with Gasteiger partial charge in [0.2, 0.25) is 11.8 Å². The van der Waals surface area contributed by atoms with Gasteiger partial charge in [-0.2, -0.15) is 0 Å². The number of hydrogen-bond acceptors (Lipinski definition) is 8. The number of hydrogen-bond donors (Lipinski definition) is 1. The second-order valence-electron chi connectivity index (χ2n) is 10.5. The third kappa shape index (κ3) is 4.03. The number of anilines is 1. The predicted octanol–water partition coefficient (Wildman–Crippen LogP) is 2.45. The zero-order chi connectivity index (χ0) is 27.5. The van der Waals surface area contributed by atoms with Crippen molar-refractivity contribution in [2.75, 3.05) is 44.7 Å². The largest absolute Gasteiger partial charge is 0.494 e. The van der Waals surface area contributed by atoms with E-state index in [1.807, 2.05) is 12.1 Å². The first kappa shape index (κ1) is 25.3. The minimum Gasteiger partial charge on any atom is -0.494 e. The van der Waals surface area contributed by atoms with Crippen LogP contribution in [-0.4, -0.2) is 78.4 Å². The monoisotopic (exact) mass is 535 g/mol. The van der Waals surface area contributed by atoms with Crippen molar-refractivity contribution >= 4 is 34.6 Å². The second-order valence-corrected chi connectivity index (χ2v) is 10.5. The minimum atomic E-state index is -1.46. The van der Waals surface area contributed by atoms with E-state index in [-0.39, 0.29) is 36.6 Å². The van der Waals surface area contributed by atoms with Crippen molar-refractivity contribution in [3.8, 4) is 5.75 Å². The molecule has 3 aliphatic heterocycles. The number of amides is 3. The van der Waals surface area contributed by atoms with Crippen LogP contribution in [0.5, 0.6) is 5.75 Å². The van der Waals surface area contributed by atoms with Gasteiger partial charge in [-0.1, -0.05) is 13.0 Å². The average molecular weight is 536 g/mol.